The van der Waals surface area contributed by atoms with Crippen LogP contribution in [-0.4, -0.2) is 30.8 Å². The second kappa shape index (κ2) is 5.26. The highest BCUT2D eigenvalue weighted by atomic mass is 32.1. The second-order valence-electron chi connectivity index (χ2n) is 5.06. The molecule has 0 atom stereocenters. The van der Waals surface area contributed by atoms with E-state index in [1.54, 1.807) is 7.11 Å². The van der Waals surface area contributed by atoms with Gasteiger partial charge in [0.1, 0.15) is 5.75 Å². The van der Waals surface area contributed by atoms with Crippen LogP contribution in [0.4, 0.5) is 5.69 Å². The van der Waals surface area contributed by atoms with E-state index in [1.165, 1.54) is 0 Å². The Morgan fingerprint density at radius 3 is 2.67 bits per heavy atom. The Bertz CT molecular complexity index is 848. The number of hydrogen-bond acceptors (Lipinski definition) is 3. The Hall–Kier alpha value is -2.27. The van der Waals surface area contributed by atoms with Gasteiger partial charge >= 0.3 is 0 Å². The summed E-state index contributed by atoms with van der Waals surface area (Å²) in [6.45, 7) is 0. The van der Waals surface area contributed by atoms with Gasteiger partial charge in [-0.25, -0.2) is 0 Å². The highest BCUT2D eigenvalue weighted by Gasteiger charge is 2.08. The molecule has 1 heterocycles. The van der Waals surface area contributed by atoms with Gasteiger partial charge in [-0.15, -0.1) is 0 Å². The number of nitrogens with zero attached hydrogens (tertiary/aromatic N) is 2. The lowest BCUT2D eigenvalue weighted by Gasteiger charge is -2.14. The normalized spacial score (nSPS) is 10.8. The first-order valence-corrected chi connectivity index (χ1v) is 7.07. The zero-order valence-electron chi connectivity index (χ0n) is 12.3. The first-order valence-electron chi connectivity index (χ1n) is 6.66. The maximum absolute atomic E-state index is 5.48. The molecule has 5 heteroatoms. The van der Waals surface area contributed by atoms with E-state index in [9.17, 15) is 0 Å². The molecule has 0 saturated carbocycles. The molecule has 0 radical (unpaired) electrons. The molecule has 0 bridgehead atoms. The number of imidazole rings is 1. The Labute approximate surface area is 128 Å². The van der Waals surface area contributed by atoms with Crippen molar-refractivity contribution in [2.45, 2.75) is 0 Å². The van der Waals surface area contributed by atoms with Crippen LogP contribution >= 0.6 is 12.2 Å². The van der Waals surface area contributed by atoms with E-state index in [4.69, 9.17) is 17.0 Å². The van der Waals surface area contributed by atoms with Gasteiger partial charge in [-0.3, -0.25) is 4.57 Å². The molecule has 21 heavy (non-hydrogen) atoms. The molecular weight excluding hydrogens is 282 g/mol. The summed E-state index contributed by atoms with van der Waals surface area (Å²) in [7, 11) is 5.71. The summed E-state index contributed by atoms with van der Waals surface area (Å²) in [5, 5.41) is 0. The van der Waals surface area contributed by atoms with E-state index < -0.39 is 0 Å². The molecule has 1 N–H and O–H groups in total. The van der Waals surface area contributed by atoms with Crippen LogP contribution in [0.25, 0.3) is 16.7 Å². The number of H-pyrrole nitrogens is 1. The fraction of sp³-hybridized carbons (Fsp3) is 0.188. The minimum atomic E-state index is 0.675. The maximum atomic E-state index is 5.48. The lowest BCUT2D eigenvalue weighted by Crippen LogP contribution is -2.09. The van der Waals surface area contributed by atoms with Crippen molar-refractivity contribution in [1.29, 1.82) is 0 Å². The van der Waals surface area contributed by atoms with Gasteiger partial charge in [-0.2, -0.15) is 0 Å². The Morgan fingerprint density at radius 2 is 1.95 bits per heavy atom. The quantitative estimate of drug-likeness (QED) is 0.748. The molecule has 0 aliphatic carbocycles. The van der Waals surface area contributed by atoms with E-state index in [1.807, 2.05) is 42.9 Å². The topological polar surface area (TPSA) is 33.2 Å². The summed E-state index contributed by atoms with van der Waals surface area (Å²) in [4.78, 5) is 5.31. The monoisotopic (exact) mass is 299 g/mol. The van der Waals surface area contributed by atoms with Crippen molar-refractivity contribution >= 4 is 28.9 Å². The van der Waals surface area contributed by atoms with Crippen molar-refractivity contribution in [3.8, 4) is 11.4 Å². The lowest BCUT2D eigenvalue weighted by molar-refractivity contribution is 0.415. The molecule has 0 spiro atoms. The van der Waals surface area contributed by atoms with Crippen LogP contribution in [0.15, 0.2) is 42.5 Å². The third-order valence-corrected chi connectivity index (χ3v) is 3.78. The van der Waals surface area contributed by atoms with Crippen molar-refractivity contribution in [3.63, 3.8) is 0 Å². The van der Waals surface area contributed by atoms with Gasteiger partial charge in [-0.1, -0.05) is 6.07 Å². The van der Waals surface area contributed by atoms with Crippen LogP contribution in [0.3, 0.4) is 0 Å². The number of aromatic nitrogens is 2. The summed E-state index contributed by atoms with van der Waals surface area (Å²) in [6.07, 6.45) is 0. The zero-order valence-corrected chi connectivity index (χ0v) is 13.1. The van der Waals surface area contributed by atoms with E-state index in [0.717, 1.165) is 28.2 Å². The number of aromatic amines is 1. The molecule has 4 nitrogen and oxygen atoms in total. The largest absolute Gasteiger partial charge is 0.497 e. The predicted octanol–water partition coefficient (Wildman–Crippen LogP) is 3.76. The number of ether oxygens (including phenoxy) is 1. The zero-order chi connectivity index (χ0) is 15.0. The molecule has 108 valence electrons. The van der Waals surface area contributed by atoms with Crippen LogP contribution < -0.4 is 9.64 Å². The van der Waals surface area contributed by atoms with Crippen molar-refractivity contribution in [2.24, 2.45) is 0 Å². The van der Waals surface area contributed by atoms with Crippen molar-refractivity contribution < 1.29 is 4.74 Å². The number of methoxy groups -OCH3 is 1. The molecule has 0 unspecified atom stereocenters. The smallest absolute Gasteiger partial charge is 0.182 e. The highest BCUT2D eigenvalue weighted by molar-refractivity contribution is 7.71. The Morgan fingerprint density at radius 1 is 1.14 bits per heavy atom. The average molecular weight is 299 g/mol. The molecule has 0 aliphatic rings. The van der Waals surface area contributed by atoms with Crippen LogP contribution in [0.5, 0.6) is 5.75 Å². The first kappa shape index (κ1) is 13.7. The van der Waals surface area contributed by atoms with Gasteiger partial charge in [-0.05, 0) is 42.5 Å². The SMILES string of the molecule is COc1ccc2c(c1)[nH]c(=S)n2-c1cccc(N(C)C)c1. The third kappa shape index (κ3) is 2.40. The maximum Gasteiger partial charge on any atom is 0.182 e. The average Bonchev–Trinajstić information content (AvgIpc) is 2.82. The number of fused-ring (bicyclic) bond motifs is 1. The summed E-state index contributed by atoms with van der Waals surface area (Å²) in [6, 6.07) is 14.2. The van der Waals surface area contributed by atoms with E-state index in [-0.39, 0.29) is 0 Å². The van der Waals surface area contributed by atoms with Gasteiger partial charge in [0.15, 0.2) is 4.77 Å². The van der Waals surface area contributed by atoms with Gasteiger partial charge in [0.2, 0.25) is 0 Å². The minimum absolute atomic E-state index is 0.675. The molecule has 0 fully saturated rings. The van der Waals surface area contributed by atoms with Crippen LogP contribution in [-0.2, 0) is 0 Å². The fourth-order valence-corrected chi connectivity index (χ4v) is 2.70. The van der Waals surface area contributed by atoms with Gasteiger partial charge in [0, 0.05) is 25.8 Å². The highest BCUT2D eigenvalue weighted by Crippen LogP contribution is 2.25. The van der Waals surface area contributed by atoms with Gasteiger partial charge in [0.05, 0.1) is 23.8 Å². The summed E-state index contributed by atoms with van der Waals surface area (Å²) in [5.41, 5.74) is 4.19. The number of hydrogen-bond donors (Lipinski definition) is 1. The van der Waals surface area contributed by atoms with Crippen LogP contribution in [0.2, 0.25) is 0 Å². The van der Waals surface area contributed by atoms with Crippen LogP contribution in [0.1, 0.15) is 0 Å². The van der Waals surface area contributed by atoms with Gasteiger partial charge < -0.3 is 14.6 Å². The summed E-state index contributed by atoms with van der Waals surface area (Å²) >= 11 is 5.48. The number of nitrogens with one attached hydrogen (secondary N) is 1. The molecule has 2 aromatic carbocycles. The van der Waals surface area contributed by atoms with E-state index in [0.29, 0.717) is 4.77 Å². The summed E-state index contributed by atoms with van der Waals surface area (Å²) in [5.74, 6) is 0.813. The predicted molar refractivity (Wildman–Crippen MR) is 89.3 cm³/mol. The standard InChI is InChI=1S/C16H17N3OS/c1-18(2)11-5-4-6-12(9-11)19-15-8-7-13(20-3)10-14(15)17-16(19)21/h4-10H,1-3H3,(H,17,21). The lowest BCUT2D eigenvalue weighted by atomic mass is 10.2. The minimum Gasteiger partial charge on any atom is -0.497 e. The molecule has 0 aliphatic heterocycles. The van der Waals surface area contributed by atoms with E-state index in [2.05, 4.69) is 28.1 Å². The second-order valence-corrected chi connectivity index (χ2v) is 5.45. The molecule has 1 aromatic heterocycles. The number of rotatable bonds is 3. The Balaban J connectivity index is 2.23. The Kier molecular flexibility index (Phi) is 3.43. The number of benzene rings is 2. The molecule has 3 aromatic rings. The van der Waals surface area contributed by atoms with Gasteiger partial charge in [0.25, 0.3) is 0 Å². The number of anilines is 1. The molecule has 3 rings (SSSR count). The van der Waals surface area contributed by atoms with E-state index >= 15 is 0 Å². The molecule has 0 saturated heterocycles. The summed E-state index contributed by atoms with van der Waals surface area (Å²) < 4.78 is 7.97. The molecular formula is C16H17N3OS. The van der Waals surface area contributed by atoms with Crippen molar-refractivity contribution in [2.75, 3.05) is 26.1 Å². The fourth-order valence-electron chi connectivity index (χ4n) is 2.38. The molecule has 0 amide bonds. The first-order chi connectivity index (χ1) is 10.1. The van der Waals surface area contributed by atoms with Crippen molar-refractivity contribution in [1.82, 2.24) is 9.55 Å². The van der Waals surface area contributed by atoms with Crippen LogP contribution in [0, 0.1) is 4.77 Å². The van der Waals surface area contributed by atoms with Crippen molar-refractivity contribution in [3.05, 3.63) is 47.2 Å². The third-order valence-electron chi connectivity index (χ3n) is 3.49.